The number of aryl methyl sites for hydroxylation is 2. The second-order valence-electron chi connectivity index (χ2n) is 7.80. The largest absolute Gasteiger partial charge is 0.427 e. The molecule has 0 saturated heterocycles. The second-order valence-corrected chi connectivity index (χ2v) is 7.80. The van der Waals surface area contributed by atoms with Crippen LogP contribution < -0.4 is 4.74 Å². The van der Waals surface area contributed by atoms with E-state index in [1.807, 2.05) is 18.2 Å². The summed E-state index contributed by atoms with van der Waals surface area (Å²) in [4.78, 5) is 0. The van der Waals surface area contributed by atoms with Gasteiger partial charge in [0.15, 0.2) is 11.6 Å². The summed E-state index contributed by atoms with van der Waals surface area (Å²) in [7, 11) is 0. The first-order valence-electron chi connectivity index (χ1n) is 10.6. The summed E-state index contributed by atoms with van der Waals surface area (Å²) >= 11 is 0. The van der Waals surface area contributed by atoms with Crippen molar-refractivity contribution in [1.29, 1.82) is 0 Å². The van der Waals surface area contributed by atoms with Gasteiger partial charge in [-0.3, -0.25) is 0 Å². The number of halogens is 3. The van der Waals surface area contributed by atoms with Gasteiger partial charge in [-0.2, -0.15) is 8.78 Å². The van der Waals surface area contributed by atoms with Crippen LogP contribution in [0.1, 0.15) is 49.8 Å². The number of rotatable bonds is 6. The normalized spacial score (nSPS) is 14.0. The van der Waals surface area contributed by atoms with Crippen LogP contribution in [0.3, 0.4) is 0 Å². The molecular formula is C26H25F3O. The highest BCUT2D eigenvalue weighted by molar-refractivity contribution is 5.80. The van der Waals surface area contributed by atoms with Crippen LogP contribution in [0.15, 0.2) is 54.6 Å². The van der Waals surface area contributed by atoms with E-state index in [0.29, 0.717) is 28.7 Å². The minimum atomic E-state index is -3.59. The molecule has 30 heavy (non-hydrogen) atoms. The van der Waals surface area contributed by atoms with E-state index in [0.717, 1.165) is 18.4 Å². The molecule has 4 heteroatoms. The maximum absolute atomic E-state index is 14.8. The molecule has 0 saturated carbocycles. The fraction of sp³-hybridized carbons (Fsp3) is 0.308. The molecule has 0 aliphatic carbocycles. The van der Waals surface area contributed by atoms with Crippen molar-refractivity contribution in [2.45, 2.75) is 52.1 Å². The molecule has 0 atom stereocenters. The summed E-state index contributed by atoms with van der Waals surface area (Å²) in [5.74, 6) is -1.07. The highest BCUT2D eigenvalue weighted by atomic mass is 19.3. The van der Waals surface area contributed by atoms with Crippen molar-refractivity contribution in [1.82, 2.24) is 0 Å². The van der Waals surface area contributed by atoms with Crippen molar-refractivity contribution in [2.24, 2.45) is 0 Å². The average Bonchev–Trinajstić information content (AvgIpc) is 2.75. The summed E-state index contributed by atoms with van der Waals surface area (Å²) in [6, 6.07) is 16.2. The molecule has 0 N–H and O–H groups in total. The number of fused-ring (bicyclic) bond motifs is 3. The zero-order chi connectivity index (χ0) is 21.3. The Kier molecular flexibility index (Phi) is 5.59. The van der Waals surface area contributed by atoms with Crippen molar-refractivity contribution in [2.75, 3.05) is 0 Å². The summed E-state index contributed by atoms with van der Waals surface area (Å²) in [5, 5.41) is 0. The fourth-order valence-corrected chi connectivity index (χ4v) is 4.01. The first-order chi connectivity index (χ1) is 14.4. The van der Waals surface area contributed by atoms with Gasteiger partial charge in [0.2, 0.25) is 0 Å². The maximum atomic E-state index is 14.8. The third kappa shape index (κ3) is 3.71. The predicted octanol–water partition coefficient (Wildman–Crippen LogP) is 7.90. The molecule has 4 rings (SSSR count). The highest BCUT2D eigenvalue weighted by Crippen LogP contribution is 2.49. The van der Waals surface area contributed by atoms with E-state index >= 15 is 0 Å². The molecule has 3 aromatic carbocycles. The Morgan fingerprint density at radius 1 is 0.833 bits per heavy atom. The van der Waals surface area contributed by atoms with E-state index < -0.39 is 11.9 Å². The van der Waals surface area contributed by atoms with Crippen LogP contribution >= 0.6 is 0 Å². The standard InChI is InChI=1S/C26H25F3O/c1-3-5-6-7-17-8-10-19(11-9-17)20-13-14-21-22-15-12-18(4-2)24(27)25(22)30-26(28,29)23(21)16-20/h8-16H,3-7H2,1-2H3. The predicted molar refractivity (Wildman–Crippen MR) is 114 cm³/mol. The molecule has 1 aliphatic heterocycles. The lowest BCUT2D eigenvalue weighted by atomic mass is 9.91. The number of ether oxygens (including phenoxy) is 1. The zero-order valence-corrected chi connectivity index (χ0v) is 17.3. The van der Waals surface area contributed by atoms with Gasteiger partial charge in [-0.15, -0.1) is 0 Å². The van der Waals surface area contributed by atoms with E-state index in [-0.39, 0.29) is 11.3 Å². The van der Waals surface area contributed by atoms with Crippen molar-refractivity contribution in [3.63, 3.8) is 0 Å². The van der Waals surface area contributed by atoms with Gasteiger partial charge >= 0.3 is 6.11 Å². The molecule has 1 heterocycles. The molecule has 1 nitrogen and oxygen atoms in total. The van der Waals surface area contributed by atoms with Gasteiger partial charge in [-0.05, 0) is 53.1 Å². The van der Waals surface area contributed by atoms with Gasteiger partial charge in [0.05, 0.1) is 5.56 Å². The van der Waals surface area contributed by atoms with Crippen molar-refractivity contribution >= 4 is 0 Å². The lowest BCUT2D eigenvalue weighted by molar-refractivity contribution is -0.188. The first kappa shape index (κ1) is 20.5. The van der Waals surface area contributed by atoms with Crippen LogP contribution in [-0.4, -0.2) is 0 Å². The Labute approximate surface area is 175 Å². The molecule has 1 aliphatic rings. The number of hydrogen-bond donors (Lipinski definition) is 0. The Bertz CT molecular complexity index is 1050. The lowest BCUT2D eigenvalue weighted by Crippen LogP contribution is -2.27. The van der Waals surface area contributed by atoms with E-state index in [4.69, 9.17) is 4.74 Å². The topological polar surface area (TPSA) is 9.23 Å². The fourth-order valence-electron chi connectivity index (χ4n) is 4.01. The molecule has 0 fully saturated rings. The van der Waals surface area contributed by atoms with Crippen molar-refractivity contribution in [3.8, 4) is 28.0 Å². The minimum Gasteiger partial charge on any atom is -0.425 e. The van der Waals surface area contributed by atoms with Crippen molar-refractivity contribution in [3.05, 3.63) is 77.1 Å². The van der Waals surface area contributed by atoms with E-state index in [9.17, 15) is 13.2 Å². The monoisotopic (exact) mass is 410 g/mol. The van der Waals surface area contributed by atoms with Crippen LogP contribution in [0.2, 0.25) is 0 Å². The number of hydrogen-bond acceptors (Lipinski definition) is 1. The minimum absolute atomic E-state index is 0.233. The first-order valence-corrected chi connectivity index (χ1v) is 10.6. The van der Waals surface area contributed by atoms with Gasteiger partial charge in [0.25, 0.3) is 0 Å². The van der Waals surface area contributed by atoms with E-state index in [1.54, 1.807) is 25.1 Å². The Morgan fingerprint density at radius 2 is 1.53 bits per heavy atom. The Morgan fingerprint density at radius 3 is 2.23 bits per heavy atom. The van der Waals surface area contributed by atoms with Crippen LogP contribution in [0.25, 0.3) is 22.3 Å². The molecule has 0 spiro atoms. The van der Waals surface area contributed by atoms with Crippen LogP contribution in [0, 0.1) is 5.82 Å². The quantitative estimate of drug-likeness (QED) is 0.375. The molecule has 0 aromatic heterocycles. The molecule has 3 aromatic rings. The number of benzene rings is 3. The smallest absolute Gasteiger partial charge is 0.425 e. The van der Waals surface area contributed by atoms with Gasteiger partial charge in [0, 0.05) is 5.56 Å². The zero-order valence-electron chi connectivity index (χ0n) is 17.3. The Balaban J connectivity index is 1.70. The van der Waals surface area contributed by atoms with E-state index in [1.165, 1.54) is 24.5 Å². The molecule has 156 valence electrons. The molecular weight excluding hydrogens is 385 g/mol. The SMILES string of the molecule is CCCCCc1ccc(-c2ccc3c(c2)C(F)(F)Oc2c-3ccc(CC)c2F)cc1. The van der Waals surface area contributed by atoms with Crippen molar-refractivity contribution < 1.29 is 17.9 Å². The van der Waals surface area contributed by atoms with Gasteiger partial charge < -0.3 is 4.74 Å². The Hall–Kier alpha value is -2.75. The molecule has 0 amide bonds. The maximum Gasteiger partial charge on any atom is 0.427 e. The lowest BCUT2D eigenvalue weighted by Gasteiger charge is -2.29. The number of alkyl halides is 2. The van der Waals surface area contributed by atoms with E-state index in [2.05, 4.69) is 19.1 Å². The van der Waals surface area contributed by atoms with Gasteiger partial charge in [0.1, 0.15) is 0 Å². The summed E-state index contributed by atoms with van der Waals surface area (Å²) < 4.78 is 49.2. The van der Waals surface area contributed by atoms with Crippen LogP contribution in [0.4, 0.5) is 13.2 Å². The van der Waals surface area contributed by atoms with Crippen LogP contribution in [-0.2, 0) is 19.0 Å². The summed E-state index contributed by atoms with van der Waals surface area (Å²) in [6.07, 6.45) is 1.36. The van der Waals surface area contributed by atoms with Crippen LogP contribution in [0.5, 0.6) is 5.75 Å². The highest BCUT2D eigenvalue weighted by Gasteiger charge is 2.43. The summed E-state index contributed by atoms with van der Waals surface area (Å²) in [5.41, 5.74) is 3.60. The molecule has 0 bridgehead atoms. The third-order valence-electron chi connectivity index (χ3n) is 5.77. The molecule has 0 radical (unpaired) electrons. The third-order valence-corrected chi connectivity index (χ3v) is 5.77. The average molecular weight is 410 g/mol. The summed E-state index contributed by atoms with van der Waals surface area (Å²) in [6.45, 7) is 3.95. The molecule has 0 unspecified atom stereocenters. The number of unbranched alkanes of at least 4 members (excludes halogenated alkanes) is 2. The van der Waals surface area contributed by atoms with Gasteiger partial charge in [-0.25, -0.2) is 4.39 Å². The van der Waals surface area contributed by atoms with Gasteiger partial charge in [-0.1, -0.05) is 75.2 Å². The second kappa shape index (κ2) is 8.17.